The van der Waals surface area contributed by atoms with Crippen LogP contribution in [0.4, 0.5) is 46.4 Å². The number of carbonyl (C=O) groups excluding carboxylic acids is 1. The topological polar surface area (TPSA) is 91.8 Å². The largest absolute Gasteiger partial charge is 0.416 e. The molecule has 36 heavy (non-hydrogen) atoms. The van der Waals surface area contributed by atoms with E-state index >= 15 is 0 Å². The molecule has 3 N–H and O–H groups in total. The molecule has 0 unspecified atom stereocenters. The summed E-state index contributed by atoms with van der Waals surface area (Å²) in [6.07, 6.45) is 1.12. The number of benzene rings is 2. The lowest BCUT2D eigenvalue weighted by Crippen LogP contribution is -2.08. The van der Waals surface area contributed by atoms with E-state index in [4.69, 9.17) is 0 Å². The van der Waals surface area contributed by atoms with Crippen LogP contribution in [-0.4, -0.2) is 20.9 Å². The number of alkyl halides is 3. The summed E-state index contributed by atoms with van der Waals surface area (Å²) in [5.74, 6) is -0.881. The molecule has 2 aromatic carbocycles. The minimum atomic E-state index is -4.49. The molecule has 0 aliphatic heterocycles. The van der Waals surface area contributed by atoms with Crippen molar-refractivity contribution in [3.63, 3.8) is 0 Å². The van der Waals surface area contributed by atoms with Crippen molar-refractivity contribution in [3.05, 3.63) is 97.2 Å². The predicted octanol–water partition coefficient (Wildman–Crippen LogP) is 6.31. The van der Waals surface area contributed by atoms with Crippen LogP contribution >= 0.6 is 0 Å². The van der Waals surface area contributed by atoms with Gasteiger partial charge in [0.05, 0.1) is 23.1 Å². The van der Waals surface area contributed by atoms with Gasteiger partial charge in [0, 0.05) is 23.6 Å². The van der Waals surface area contributed by atoms with Gasteiger partial charge in [0.15, 0.2) is 0 Å². The van der Waals surface area contributed by atoms with E-state index in [1.807, 2.05) is 0 Å². The third-order valence-corrected chi connectivity index (χ3v) is 4.90. The van der Waals surface area contributed by atoms with Gasteiger partial charge in [-0.25, -0.2) is 9.37 Å². The Labute approximate surface area is 203 Å². The van der Waals surface area contributed by atoms with Gasteiger partial charge < -0.3 is 16.0 Å². The first-order valence-electron chi connectivity index (χ1n) is 10.4. The van der Waals surface area contributed by atoms with Crippen LogP contribution in [0.3, 0.4) is 0 Å². The molecule has 2 aromatic heterocycles. The van der Waals surface area contributed by atoms with Gasteiger partial charge in [-0.2, -0.15) is 18.2 Å². The number of nitrogens with zero attached hydrogens (tertiary/aromatic N) is 3. The number of hydrogen-bond acceptors (Lipinski definition) is 6. The van der Waals surface area contributed by atoms with Crippen molar-refractivity contribution in [2.24, 2.45) is 0 Å². The Kier molecular flexibility index (Phi) is 6.91. The average Bonchev–Trinajstić information content (AvgIpc) is 2.86. The summed E-state index contributed by atoms with van der Waals surface area (Å²) in [5, 5.41) is 8.36. The highest BCUT2D eigenvalue weighted by atomic mass is 19.4. The summed E-state index contributed by atoms with van der Waals surface area (Å²) in [7, 11) is 0. The van der Waals surface area contributed by atoms with Crippen molar-refractivity contribution in [3.8, 4) is 11.1 Å². The molecule has 0 radical (unpaired) electrons. The van der Waals surface area contributed by atoms with Gasteiger partial charge in [-0.15, -0.1) is 0 Å². The fourth-order valence-corrected chi connectivity index (χ4v) is 3.17. The molecular formula is C25H18F4N6O. The minimum absolute atomic E-state index is 0.0314. The Hall–Kier alpha value is -4.80. The van der Waals surface area contributed by atoms with Crippen LogP contribution in [0.25, 0.3) is 11.1 Å². The highest BCUT2D eigenvalue weighted by Gasteiger charge is 2.30. The molecule has 0 bridgehead atoms. The molecule has 0 aliphatic carbocycles. The third kappa shape index (κ3) is 5.81. The van der Waals surface area contributed by atoms with Crippen LogP contribution in [0, 0.1) is 5.82 Å². The van der Waals surface area contributed by atoms with Crippen LogP contribution in [0.5, 0.6) is 0 Å². The smallest absolute Gasteiger partial charge is 0.337 e. The lowest BCUT2D eigenvalue weighted by molar-refractivity contribution is -0.137. The van der Waals surface area contributed by atoms with Gasteiger partial charge in [0.1, 0.15) is 11.6 Å². The van der Waals surface area contributed by atoms with E-state index in [-0.39, 0.29) is 17.5 Å². The second-order valence-electron chi connectivity index (χ2n) is 7.41. The van der Waals surface area contributed by atoms with Crippen molar-refractivity contribution >= 4 is 34.7 Å². The number of hydrogen-bond donors (Lipinski definition) is 3. The molecule has 0 saturated carbocycles. The number of halogens is 4. The molecule has 0 fully saturated rings. The first kappa shape index (κ1) is 24.3. The summed E-state index contributed by atoms with van der Waals surface area (Å²) in [5.41, 5.74) is 0.730. The monoisotopic (exact) mass is 494 g/mol. The number of rotatable bonds is 7. The molecular weight excluding hydrogens is 476 g/mol. The lowest BCUT2D eigenvalue weighted by atomic mass is 10.1. The Balaban J connectivity index is 1.74. The summed E-state index contributed by atoms with van der Waals surface area (Å²) < 4.78 is 53.7. The van der Waals surface area contributed by atoms with Crippen molar-refractivity contribution in [2.75, 3.05) is 16.0 Å². The summed E-state index contributed by atoms with van der Waals surface area (Å²) in [4.78, 5) is 24.3. The van der Waals surface area contributed by atoms with E-state index in [9.17, 15) is 22.4 Å². The number of nitrogens with one attached hydrogen (secondary N) is 3. The molecule has 7 nitrogen and oxygen atoms in total. The van der Waals surface area contributed by atoms with Gasteiger partial charge in [-0.1, -0.05) is 18.7 Å². The SMILES string of the molecule is C=CC(=O)Nc1ccc(F)c(Nc2nc(Nc3cccnc3)ncc2-c2ccc(C(F)(F)F)cc2)c1. The molecule has 0 aliphatic rings. The second kappa shape index (κ2) is 10.2. The van der Waals surface area contributed by atoms with E-state index in [0.29, 0.717) is 22.5 Å². The summed E-state index contributed by atoms with van der Waals surface area (Å²) in [6, 6.07) is 11.7. The van der Waals surface area contributed by atoms with E-state index in [2.05, 4.69) is 37.5 Å². The van der Waals surface area contributed by atoms with Crippen LogP contribution in [0.2, 0.25) is 0 Å². The maximum atomic E-state index is 14.7. The zero-order chi connectivity index (χ0) is 25.7. The van der Waals surface area contributed by atoms with Crippen LogP contribution in [0.1, 0.15) is 5.56 Å². The molecule has 0 atom stereocenters. The second-order valence-corrected chi connectivity index (χ2v) is 7.41. The first-order chi connectivity index (χ1) is 17.2. The number of pyridine rings is 1. The Bertz CT molecular complexity index is 1390. The molecule has 4 rings (SSSR count). The summed E-state index contributed by atoms with van der Waals surface area (Å²) >= 11 is 0. The fourth-order valence-electron chi connectivity index (χ4n) is 3.17. The van der Waals surface area contributed by atoms with E-state index in [1.165, 1.54) is 30.5 Å². The molecule has 1 amide bonds. The van der Waals surface area contributed by atoms with E-state index in [1.54, 1.807) is 24.5 Å². The standard InChI is InChI=1S/C25H18F4N6O/c1-2-22(36)32-17-9-10-20(26)21(12-17)34-23-19(15-5-7-16(8-6-15)25(27,28)29)14-31-24(35-23)33-18-4-3-11-30-13-18/h2-14H,1H2,(H,32,36)(H2,31,33,34,35). The molecule has 11 heteroatoms. The van der Waals surface area contributed by atoms with Crippen LogP contribution in [-0.2, 0) is 11.0 Å². The molecule has 4 aromatic rings. The van der Waals surface area contributed by atoms with Crippen molar-refractivity contribution < 1.29 is 22.4 Å². The van der Waals surface area contributed by atoms with Crippen molar-refractivity contribution in [1.82, 2.24) is 15.0 Å². The maximum Gasteiger partial charge on any atom is 0.416 e. The van der Waals surface area contributed by atoms with Gasteiger partial charge in [0.25, 0.3) is 0 Å². The van der Waals surface area contributed by atoms with Crippen LogP contribution < -0.4 is 16.0 Å². The fraction of sp³-hybridized carbons (Fsp3) is 0.0400. The number of anilines is 5. The lowest BCUT2D eigenvalue weighted by Gasteiger charge is -2.15. The highest BCUT2D eigenvalue weighted by Crippen LogP contribution is 2.34. The van der Waals surface area contributed by atoms with Crippen molar-refractivity contribution in [1.29, 1.82) is 0 Å². The highest BCUT2D eigenvalue weighted by molar-refractivity contribution is 5.99. The predicted molar refractivity (Wildman–Crippen MR) is 128 cm³/mol. The average molecular weight is 494 g/mol. The molecule has 182 valence electrons. The minimum Gasteiger partial charge on any atom is -0.337 e. The number of amides is 1. The zero-order valence-corrected chi connectivity index (χ0v) is 18.5. The Morgan fingerprint density at radius 1 is 0.972 bits per heavy atom. The number of aromatic nitrogens is 3. The quantitative estimate of drug-likeness (QED) is 0.206. The Morgan fingerprint density at radius 3 is 2.42 bits per heavy atom. The summed E-state index contributed by atoms with van der Waals surface area (Å²) in [6.45, 7) is 3.37. The van der Waals surface area contributed by atoms with Crippen LogP contribution in [0.15, 0.2) is 85.8 Å². The van der Waals surface area contributed by atoms with E-state index in [0.717, 1.165) is 24.3 Å². The van der Waals surface area contributed by atoms with E-state index < -0.39 is 23.5 Å². The first-order valence-corrected chi connectivity index (χ1v) is 10.4. The van der Waals surface area contributed by atoms with Crippen molar-refractivity contribution in [2.45, 2.75) is 6.18 Å². The van der Waals surface area contributed by atoms with Gasteiger partial charge in [-0.3, -0.25) is 9.78 Å². The van der Waals surface area contributed by atoms with Gasteiger partial charge >= 0.3 is 6.18 Å². The normalized spacial score (nSPS) is 11.0. The molecule has 0 spiro atoms. The molecule has 0 saturated heterocycles. The maximum absolute atomic E-state index is 14.7. The zero-order valence-electron chi connectivity index (χ0n) is 18.5. The molecule has 2 heterocycles. The number of carbonyl (C=O) groups is 1. The third-order valence-electron chi connectivity index (χ3n) is 4.90. The van der Waals surface area contributed by atoms with Gasteiger partial charge in [-0.05, 0) is 54.1 Å². The Morgan fingerprint density at radius 2 is 1.75 bits per heavy atom. The van der Waals surface area contributed by atoms with Gasteiger partial charge in [0.2, 0.25) is 11.9 Å².